The highest BCUT2D eigenvalue weighted by molar-refractivity contribution is 5.74. The van der Waals surface area contributed by atoms with E-state index in [9.17, 15) is 8.78 Å². The van der Waals surface area contributed by atoms with Gasteiger partial charge in [-0.05, 0) is 96.7 Å². The van der Waals surface area contributed by atoms with Crippen LogP contribution in [0.15, 0.2) is 60.7 Å². The average molecular weight is 561 g/mol. The maximum Gasteiger partial charge on any atom is 0.201 e. The van der Waals surface area contributed by atoms with Gasteiger partial charge in [-0.15, -0.1) is 0 Å². The van der Waals surface area contributed by atoms with E-state index < -0.39 is 11.6 Å². The molecule has 3 aromatic rings. The van der Waals surface area contributed by atoms with Crippen LogP contribution in [0.5, 0.6) is 5.75 Å². The molecule has 218 valence electrons. The van der Waals surface area contributed by atoms with Crippen molar-refractivity contribution in [3.63, 3.8) is 0 Å². The fourth-order valence-electron chi connectivity index (χ4n) is 6.87. The number of allylic oxidation sites excluding steroid dienone is 2. The Bertz CT molecular complexity index is 1340. The first-order valence-electron chi connectivity index (χ1n) is 15.7. The highest BCUT2D eigenvalue weighted by atomic mass is 19.2. The molecule has 0 saturated heterocycles. The lowest BCUT2D eigenvalue weighted by Gasteiger charge is -2.35. The van der Waals surface area contributed by atoms with Crippen LogP contribution in [0.1, 0.15) is 90.0 Å². The van der Waals surface area contributed by atoms with Crippen LogP contribution in [0.4, 0.5) is 13.2 Å². The van der Waals surface area contributed by atoms with E-state index in [4.69, 9.17) is 4.74 Å². The summed E-state index contributed by atoms with van der Waals surface area (Å²) in [4.78, 5) is 0. The first-order valence-corrected chi connectivity index (χ1v) is 15.7. The molecule has 3 aromatic carbocycles. The Morgan fingerprint density at radius 1 is 0.707 bits per heavy atom. The normalized spacial score (nSPS) is 21.0. The molecule has 41 heavy (non-hydrogen) atoms. The standard InChI is InChI=1S/C37H43F3O/c1-3-5-23-41-35-22-21-33(36(39)37(35)40)30-17-13-28(14-18-30)31-19-20-32(34(38)24-31)29-15-11-27(12-16-29)26-9-7-25(6-4-2)8-10-26/h13-15,17-22,24-27H,3-12,16,23H2,1-2H3. The zero-order chi connectivity index (χ0) is 28.8. The van der Waals surface area contributed by atoms with E-state index in [1.807, 2.05) is 31.2 Å². The van der Waals surface area contributed by atoms with Crippen LogP contribution in [0, 0.1) is 35.2 Å². The zero-order valence-corrected chi connectivity index (χ0v) is 24.5. The van der Waals surface area contributed by atoms with Gasteiger partial charge in [0.15, 0.2) is 11.6 Å². The van der Waals surface area contributed by atoms with Gasteiger partial charge in [0, 0.05) is 11.1 Å². The number of hydrogen-bond donors (Lipinski definition) is 0. The molecule has 0 amide bonds. The van der Waals surface area contributed by atoms with Crippen molar-refractivity contribution in [1.82, 2.24) is 0 Å². The summed E-state index contributed by atoms with van der Waals surface area (Å²) in [5.74, 6) is 0.342. The van der Waals surface area contributed by atoms with Gasteiger partial charge in [-0.1, -0.05) is 88.4 Å². The second kappa shape index (κ2) is 13.8. The van der Waals surface area contributed by atoms with E-state index in [2.05, 4.69) is 13.0 Å². The van der Waals surface area contributed by atoms with Crippen LogP contribution >= 0.6 is 0 Å². The quantitative estimate of drug-likeness (QED) is 0.224. The van der Waals surface area contributed by atoms with E-state index >= 15 is 4.39 Å². The largest absolute Gasteiger partial charge is 0.490 e. The second-order valence-corrected chi connectivity index (χ2v) is 12.0. The highest BCUT2D eigenvalue weighted by Gasteiger charge is 2.29. The van der Waals surface area contributed by atoms with Crippen molar-refractivity contribution in [3.05, 3.63) is 83.7 Å². The van der Waals surface area contributed by atoms with Gasteiger partial charge >= 0.3 is 0 Å². The van der Waals surface area contributed by atoms with Crippen molar-refractivity contribution in [2.75, 3.05) is 6.61 Å². The lowest BCUT2D eigenvalue weighted by molar-refractivity contribution is 0.189. The maximum atomic E-state index is 15.3. The van der Waals surface area contributed by atoms with E-state index in [1.54, 1.807) is 24.3 Å². The van der Waals surface area contributed by atoms with Crippen molar-refractivity contribution < 1.29 is 17.9 Å². The Morgan fingerprint density at radius 2 is 1.41 bits per heavy atom. The topological polar surface area (TPSA) is 9.23 Å². The molecule has 0 bridgehead atoms. The fraction of sp³-hybridized carbons (Fsp3) is 0.459. The van der Waals surface area contributed by atoms with Crippen LogP contribution < -0.4 is 4.74 Å². The molecular formula is C37H43F3O. The third-order valence-electron chi connectivity index (χ3n) is 9.35. The first-order chi connectivity index (χ1) is 20.0. The number of rotatable bonds is 10. The summed E-state index contributed by atoms with van der Waals surface area (Å²) in [6, 6.07) is 15.6. The monoisotopic (exact) mass is 560 g/mol. The molecule has 0 heterocycles. The van der Waals surface area contributed by atoms with E-state index in [0.29, 0.717) is 17.7 Å². The molecule has 1 nitrogen and oxygen atoms in total. The smallest absolute Gasteiger partial charge is 0.201 e. The molecule has 1 fully saturated rings. The average Bonchev–Trinajstić information content (AvgIpc) is 3.00. The van der Waals surface area contributed by atoms with E-state index in [-0.39, 0.29) is 17.1 Å². The zero-order valence-electron chi connectivity index (χ0n) is 24.5. The molecule has 1 atom stereocenters. The Kier molecular flexibility index (Phi) is 9.90. The number of unbranched alkanes of at least 4 members (excludes halogenated alkanes) is 1. The summed E-state index contributed by atoms with van der Waals surface area (Å²) in [6.45, 7) is 4.66. The Hall–Kier alpha value is -3.01. The van der Waals surface area contributed by atoms with Crippen LogP contribution in [-0.4, -0.2) is 6.61 Å². The summed E-state index contributed by atoms with van der Waals surface area (Å²) in [5.41, 5.74) is 4.16. The molecule has 0 aromatic heterocycles. The summed E-state index contributed by atoms with van der Waals surface area (Å²) in [5, 5.41) is 0. The number of ether oxygens (including phenoxy) is 1. The van der Waals surface area contributed by atoms with Crippen molar-refractivity contribution in [1.29, 1.82) is 0 Å². The first kappa shape index (κ1) is 29.5. The van der Waals surface area contributed by atoms with Crippen LogP contribution in [-0.2, 0) is 0 Å². The second-order valence-electron chi connectivity index (χ2n) is 12.0. The molecular weight excluding hydrogens is 517 g/mol. The van der Waals surface area contributed by atoms with E-state index in [0.717, 1.165) is 66.6 Å². The maximum absolute atomic E-state index is 15.3. The number of halogens is 3. The summed E-state index contributed by atoms with van der Waals surface area (Å²) >= 11 is 0. The minimum atomic E-state index is -0.969. The summed E-state index contributed by atoms with van der Waals surface area (Å²) < 4.78 is 50.1. The Morgan fingerprint density at radius 3 is 2.07 bits per heavy atom. The Labute approximate surface area is 243 Å². The van der Waals surface area contributed by atoms with Gasteiger partial charge in [-0.3, -0.25) is 0 Å². The fourth-order valence-corrected chi connectivity index (χ4v) is 6.87. The number of benzene rings is 3. The minimum absolute atomic E-state index is 0.0648. The third kappa shape index (κ3) is 6.90. The molecule has 5 rings (SSSR count). The van der Waals surface area contributed by atoms with Crippen LogP contribution in [0.3, 0.4) is 0 Å². The lowest BCUT2D eigenvalue weighted by Crippen LogP contribution is -2.23. The molecule has 2 aliphatic carbocycles. The predicted octanol–water partition coefficient (Wildman–Crippen LogP) is 11.4. The van der Waals surface area contributed by atoms with Crippen LogP contribution in [0.2, 0.25) is 0 Å². The third-order valence-corrected chi connectivity index (χ3v) is 9.35. The van der Waals surface area contributed by atoms with Crippen molar-refractivity contribution in [3.8, 4) is 28.0 Å². The van der Waals surface area contributed by atoms with Gasteiger partial charge in [0.05, 0.1) is 6.61 Å². The van der Waals surface area contributed by atoms with Crippen molar-refractivity contribution in [2.45, 2.75) is 84.5 Å². The summed E-state index contributed by atoms with van der Waals surface area (Å²) in [7, 11) is 0. The highest BCUT2D eigenvalue weighted by Crippen LogP contribution is 2.42. The molecule has 4 heteroatoms. The van der Waals surface area contributed by atoms with E-state index in [1.165, 1.54) is 44.6 Å². The molecule has 0 radical (unpaired) electrons. The lowest BCUT2D eigenvalue weighted by atomic mass is 9.70. The van der Waals surface area contributed by atoms with Crippen molar-refractivity contribution in [2.24, 2.45) is 17.8 Å². The summed E-state index contributed by atoms with van der Waals surface area (Å²) in [6.07, 6.45) is 15.3. The van der Waals surface area contributed by atoms with Gasteiger partial charge in [0.2, 0.25) is 5.82 Å². The molecule has 0 N–H and O–H groups in total. The van der Waals surface area contributed by atoms with Gasteiger partial charge < -0.3 is 4.74 Å². The Balaban J connectivity index is 1.23. The van der Waals surface area contributed by atoms with Gasteiger partial charge in [-0.2, -0.15) is 4.39 Å². The predicted molar refractivity (Wildman–Crippen MR) is 163 cm³/mol. The van der Waals surface area contributed by atoms with Crippen molar-refractivity contribution >= 4 is 5.57 Å². The van der Waals surface area contributed by atoms with Crippen LogP contribution in [0.25, 0.3) is 27.8 Å². The van der Waals surface area contributed by atoms with Gasteiger partial charge in [0.1, 0.15) is 5.82 Å². The van der Waals surface area contributed by atoms with Gasteiger partial charge in [-0.25, -0.2) is 8.78 Å². The molecule has 0 spiro atoms. The van der Waals surface area contributed by atoms with Gasteiger partial charge in [0.25, 0.3) is 0 Å². The molecule has 0 aliphatic heterocycles. The molecule has 1 unspecified atom stereocenters. The molecule has 2 aliphatic rings. The SMILES string of the molecule is CCCCOc1ccc(-c2ccc(-c3ccc(C4=CCC(C5CCC(CCC)CC5)CC4)c(F)c3)cc2)c(F)c1F. The minimum Gasteiger partial charge on any atom is -0.490 e. The molecule has 1 saturated carbocycles. The number of hydrogen-bond acceptors (Lipinski definition) is 1.